The van der Waals surface area contributed by atoms with Crippen LogP contribution in [0.2, 0.25) is 0 Å². The first kappa shape index (κ1) is 12.5. The lowest BCUT2D eigenvalue weighted by Crippen LogP contribution is -2.37. The average molecular weight is 257 g/mol. The van der Waals surface area contributed by atoms with Crippen LogP contribution in [0.25, 0.3) is 0 Å². The number of hydrogen-bond acceptors (Lipinski definition) is 1. The van der Waals surface area contributed by atoms with E-state index in [1.165, 1.54) is 24.0 Å². The van der Waals surface area contributed by atoms with Crippen molar-refractivity contribution in [2.75, 3.05) is 13.6 Å². The van der Waals surface area contributed by atoms with Crippen molar-refractivity contribution < 1.29 is 0 Å². The predicted molar refractivity (Wildman–Crippen MR) is 79.2 cm³/mol. The van der Waals surface area contributed by atoms with E-state index in [-0.39, 0.29) is 5.41 Å². The lowest BCUT2D eigenvalue weighted by atomic mass is 9.87. The quantitative estimate of drug-likeness (QED) is 0.666. The van der Waals surface area contributed by atoms with Crippen molar-refractivity contribution in [2.24, 2.45) is 16.1 Å². The summed E-state index contributed by atoms with van der Waals surface area (Å²) in [6.45, 7) is 3.14. The molecule has 0 radical (unpaired) electrons. The van der Waals surface area contributed by atoms with Crippen LogP contribution in [0.4, 0.5) is 0 Å². The fourth-order valence-electron chi connectivity index (χ4n) is 3.03. The van der Waals surface area contributed by atoms with Crippen molar-refractivity contribution >= 4 is 5.96 Å². The number of hydrogen-bond donors (Lipinski definition) is 1. The molecular weight excluding hydrogens is 234 g/mol. The molecule has 1 fully saturated rings. The molecule has 0 aromatic heterocycles. The van der Waals surface area contributed by atoms with Crippen molar-refractivity contribution in [1.29, 1.82) is 0 Å². The molecule has 1 saturated carbocycles. The average Bonchev–Trinajstić information content (AvgIpc) is 3.17. The largest absolute Gasteiger partial charge is 0.370 e. The van der Waals surface area contributed by atoms with E-state index < -0.39 is 0 Å². The first-order valence-corrected chi connectivity index (χ1v) is 7.17. The second kappa shape index (κ2) is 4.55. The van der Waals surface area contributed by atoms with Gasteiger partial charge in [-0.15, -0.1) is 0 Å². The van der Waals surface area contributed by atoms with Crippen LogP contribution in [0.15, 0.2) is 29.3 Å². The highest BCUT2D eigenvalue weighted by atomic mass is 15.3. The number of nitrogens with zero attached hydrogens (tertiary/aromatic N) is 2. The fourth-order valence-corrected chi connectivity index (χ4v) is 3.03. The third-order valence-electron chi connectivity index (χ3n) is 4.43. The van der Waals surface area contributed by atoms with E-state index in [1.807, 2.05) is 0 Å². The van der Waals surface area contributed by atoms with E-state index >= 15 is 0 Å². The molecule has 1 aromatic rings. The molecule has 0 atom stereocenters. The second-order valence-corrected chi connectivity index (χ2v) is 6.45. The maximum Gasteiger partial charge on any atom is 0.191 e. The van der Waals surface area contributed by atoms with Crippen molar-refractivity contribution in [3.8, 4) is 0 Å². The zero-order valence-electron chi connectivity index (χ0n) is 11.9. The van der Waals surface area contributed by atoms with Gasteiger partial charge in [0.15, 0.2) is 5.96 Å². The summed E-state index contributed by atoms with van der Waals surface area (Å²) in [5.41, 5.74) is 9.27. The van der Waals surface area contributed by atoms with Gasteiger partial charge in [-0.3, -0.25) is 4.99 Å². The van der Waals surface area contributed by atoms with Crippen molar-refractivity contribution in [3.63, 3.8) is 0 Å². The molecule has 3 nitrogen and oxygen atoms in total. The van der Waals surface area contributed by atoms with Gasteiger partial charge < -0.3 is 10.6 Å². The molecule has 0 unspecified atom stereocenters. The number of benzene rings is 1. The fraction of sp³-hybridized carbons (Fsp3) is 0.562. The summed E-state index contributed by atoms with van der Waals surface area (Å²) in [6, 6.07) is 9.37. The molecule has 3 rings (SSSR count). The maximum absolute atomic E-state index is 6.08. The molecular formula is C16H23N3. The number of fused-ring (bicyclic) bond motifs is 1. The molecule has 0 spiro atoms. The Morgan fingerprint density at radius 1 is 1.32 bits per heavy atom. The first-order chi connectivity index (χ1) is 9.07. The third-order valence-corrected chi connectivity index (χ3v) is 4.43. The number of rotatable bonds is 3. The van der Waals surface area contributed by atoms with Gasteiger partial charge in [0.05, 0.1) is 0 Å². The normalized spacial score (nSPS) is 21.3. The summed E-state index contributed by atoms with van der Waals surface area (Å²) in [5, 5.41) is 0. The highest BCUT2D eigenvalue weighted by molar-refractivity contribution is 5.78. The van der Waals surface area contributed by atoms with Crippen LogP contribution in [0.5, 0.6) is 0 Å². The predicted octanol–water partition coefficient (Wildman–Crippen LogP) is 2.20. The van der Waals surface area contributed by atoms with Gasteiger partial charge in [-0.2, -0.15) is 0 Å². The van der Waals surface area contributed by atoms with Crippen LogP contribution in [-0.4, -0.2) is 30.5 Å². The Balaban J connectivity index is 1.66. The van der Waals surface area contributed by atoms with E-state index in [4.69, 9.17) is 5.73 Å². The monoisotopic (exact) mass is 257 g/mol. The molecule has 0 heterocycles. The summed E-state index contributed by atoms with van der Waals surface area (Å²) in [5.74, 6) is 0.708. The van der Waals surface area contributed by atoms with Crippen LogP contribution >= 0.6 is 0 Å². The summed E-state index contributed by atoms with van der Waals surface area (Å²) in [4.78, 5) is 6.77. The topological polar surface area (TPSA) is 41.6 Å². The Kier molecular flexibility index (Phi) is 3.00. The summed E-state index contributed by atoms with van der Waals surface area (Å²) >= 11 is 0. The van der Waals surface area contributed by atoms with Gasteiger partial charge in [-0.1, -0.05) is 31.2 Å². The Labute approximate surface area is 115 Å². The van der Waals surface area contributed by atoms with Crippen LogP contribution in [0, 0.1) is 5.41 Å². The molecule has 2 aliphatic rings. The molecule has 0 saturated heterocycles. The van der Waals surface area contributed by atoms with Crippen LogP contribution in [0.1, 0.15) is 30.9 Å². The van der Waals surface area contributed by atoms with E-state index in [0.717, 1.165) is 19.4 Å². The first-order valence-electron chi connectivity index (χ1n) is 7.17. The van der Waals surface area contributed by atoms with Crippen LogP contribution < -0.4 is 5.73 Å². The zero-order chi connectivity index (χ0) is 13.5. The lowest BCUT2D eigenvalue weighted by Gasteiger charge is -2.23. The molecule has 0 bridgehead atoms. The smallest absolute Gasteiger partial charge is 0.191 e. The van der Waals surface area contributed by atoms with Gasteiger partial charge in [-0.05, 0) is 42.2 Å². The Morgan fingerprint density at radius 3 is 2.42 bits per heavy atom. The minimum atomic E-state index is 0.235. The van der Waals surface area contributed by atoms with Gasteiger partial charge in [0.2, 0.25) is 0 Å². The molecule has 2 aliphatic carbocycles. The Hall–Kier alpha value is -1.51. The highest BCUT2D eigenvalue weighted by Crippen LogP contribution is 2.36. The lowest BCUT2D eigenvalue weighted by molar-refractivity contribution is 0.357. The summed E-state index contributed by atoms with van der Waals surface area (Å²) in [6.07, 6.45) is 4.76. The van der Waals surface area contributed by atoms with Crippen LogP contribution in [-0.2, 0) is 12.8 Å². The number of aliphatic imine (C=N–C) groups is 1. The van der Waals surface area contributed by atoms with Crippen LogP contribution in [0.3, 0.4) is 0 Å². The molecule has 19 heavy (non-hydrogen) atoms. The van der Waals surface area contributed by atoms with E-state index in [9.17, 15) is 0 Å². The van der Waals surface area contributed by atoms with E-state index in [1.54, 1.807) is 0 Å². The Morgan fingerprint density at radius 2 is 1.89 bits per heavy atom. The van der Waals surface area contributed by atoms with Gasteiger partial charge >= 0.3 is 0 Å². The molecule has 2 N–H and O–H groups in total. The molecule has 0 amide bonds. The molecule has 1 aromatic carbocycles. The van der Waals surface area contributed by atoms with E-state index in [2.05, 4.69) is 48.1 Å². The molecule has 3 heteroatoms. The number of guanidine groups is 1. The molecule has 102 valence electrons. The summed E-state index contributed by atoms with van der Waals surface area (Å²) in [7, 11) is 2.06. The maximum atomic E-state index is 6.08. The minimum absolute atomic E-state index is 0.235. The molecule has 0 aliphatic heterocycles. The Bertz CT molecular complexity index is 477. The van der Waals surface area contributed by atoms with Crippen molar-refractivity contribution in [2.45, 2.75) is 38.6 Å². The number of nitrogens with two attached hydrogens (primary N) is 1. The second-order valence-electron chi connectivity index (χ2n) is 6.45. The van der Waals surface area contributed by atoms with Crippen molar-refractivity contribution in [3.05, 3.63) is 35.4 Å². The summed E-state index contributed by atoms with van der Waals surface area (Å²) < 4.78 is 0. The third kappa shape index (κ3) is 2.60. The highest BCUT2D eigenvalue weighted by Gasteiger charge is 2.33. The zero-order valence-corrected chi connectivity index (χ0v) is 11.9. The van der Waals surface area contributed by atoms with Crippen molar-refractivity contribution in [1.82, 2.24) is 4.90 Å². The van der Waals surface area contributed by atoms with Gasteiger partial charge in [0.1, 0.15) is 0 Å². The SMILES string of the molecule is CN(C(N)=NCC1(C)Cc2ccccc2C1)C1CC1. The van der Waals surface area contributed by atoms with Gasteiger partial charge in [0, 0.05) is 19.6 Å². The van der Waals surface area contributed by atoms with Gasteiger partial charge in [-0.25, -0.2) is 0 Å². The van der Waals surface area contributed by atoms with E-state index in [0.29, 0.717) is 12.0 Å². The minimum Gasteiger partial charge on any atom is -0.370 e. The standard InChI is InChI=1S/C16H23N3/c1-16(9-12-5-3-4-6-13(12)10-16)11-18-15(17)19(2)14-7-8-14/h3-6,14H,7-11H2,1-2H3,(H2,17,18). The van der Waals surface area contributed by atoms with Gasteiger partial charge in [0.25, 0.3) is 0 Å².